The molecule has 0 spiro atoms. The molecule has 2 aromatic heterocycles. The largest absolute Gasteiger partial charge is 0.444 e. The Balaban J connectivity index is 1.99. The second-order valence-corrected chi connectivity index (χ2v) is 8.85. The molecule has 2 aromatic rings. The highest BCUT2D eigenvalue weighted by atomic mass is 35.5. The highest BCUT2D eigenvalue weighted by molar-refractivity contribution is 6.30. The van der Waals surface area contributed by atoms with E-state index in [4.69, 9.17) is 16.3 Å². The van der Waals surface area contributed by atoms with Crippen molar-refractivity contribution in [2.24, 2.45) is 5.92 Å². The molecule has 1 unspecified atom stereocenters. The van der Waals surface area contributed by atoms with Crippen molar-refractivity contribution in [1.29, 1.82) is 0 Å². The maximum absolute atomic E-state index is 12.7. The van der Waals surface area contributed by atoms with Crippen LogP contribution in [0, 0.1) is 5.92 Å². The predicted octanol–water partition coefficient (Wildman–Crippen LogP) is 2.94. The zero-order valence-corrected chi connectivity index (χ0v) is 17.4. The number of halogens is 1. The molecule has 3 atom stereocenters. The number of carbonyl (C=O) groups is 1. The van der Waals surface area contributed by atoms with Gasteiger partial charge in [0.1, 0.15) is 5.60 Å². The van der Waals surface area contributed by atoms with Crippen molar-refractivity contribution in [3.8, 4) is 0 Å². The van der Waals surface area contributed by atoms with Crippen LogP contribution in [-0.2, 0) is 4.74 Å². The standard InChI is InChI=1S/C19H25ClN4O4/c1-10-9-23(18(27)28-19(3,4)5)11(2)6-14(10)24-15-13(7-12(20)8-21-15)22-16(25)17(24)26/h7-8,10-11,14H,6,9H2,1-5H3,(H,22,25)/t10-,11+,14?/m0/s1. The molecule has 0 saturated carbocycles. The Kier molecular flexibility index (Phi) is 5.27. The van der Waals surface area contributed by atoms with Gasteiger partial charge in [0.2, 0.25) is 0 Å². The Morgan fingerprint density at radius 3 is 2.64 bits per heavy atom. The SMILES string of the molecule is C[C@@H]1CC(n2c(=O)c(=O)[nH]c3cc(Cl)cnc32)[C@@H](C)CN1C(=O)OC(C)(C)C. The van der Waals surface area contributed by atoms with Crippen LogP contribution in [0.5, 0.6) is 0 Å². The molecular weight excluding hydrogens is 384 g/mol. The summed E-state index contributed by atoms with van der Waals surface area (Å²) in [4.78, 5) is 45.9. The van der Waals surface area contributed by atoms with E-state index in [9.17, 15) is 14.4 Å². The molecule has 1 aliphatic rings. The predicted molar refractivity (Wildman–Crippen MR) is 107 cm³/mol. The number of piperidine rings is 1. The second-order valence-electron chi connectivity index (χ2n) is 8.42. The topological polar surface area (TPSA) is 97.3 Å². The number of carbonyl (C=O) groups excluding carboxylic acids is 1. The number of pyridine rings is 1. The molecule has 0 radical (unpaired) electrons. The minimum absolute atomic E-state index is 0.0797. The van der Waals surface area contributed by atoms with Crippen molar-refractivity contribution in [2.75, 3.05) is 6.54 Å². The summed E-state index contributed by atoms with van der Waals surface area (Å²) < 4.78 is 6.94. The lowest BCUT2D eigenvalue weighted by atomic mass is 9.89. The summed E-state index contributed by atoms with van der Waals surface area (Å²) in [6.45, 7) is 9.74. The van der Waals surface area contributed by atoms with Crippen molar-refractivity contribution < 1.29 is 9.53 Å². The van der Waals surface area contributed by atoms with Gasteiger partial charge >= 0.3 is 17.2 Å². The molecule has 3 heterocycles. The molecule has 1 N–H and O–H groups in total. The molecule has 0 aliphatic carbocycles. The summed E-state index contributed by atoms with van der Waals surface area (Å²) in [7, 11) is 0. The number of fused-ring (bicyclic) bond motifs is 1. The molecule has 1 aliphatic heterocycles. The van der Waals surface area contributed by atoms with Gasteiger partial charge in [-0.1, -0.05) is 18.5 Å². The van der Waals surface area contributed by atoms with E-state index in [1.54, 1.807) is 11.0 Å². The highest BCUT2D eigenvalue weighted by Crippen LogP contribution is 2.33. The average Bonchev–Trinajstić information content (AvgIpc) is 2.56. The van der Waals surface area contributed by atoms with Gasteiger partial charge in [0.15, 0.2) is 5.65 Å². The Hall–Kier alpha value is -2.35. The fourth-order valence-electron chi connectivity index (χ4n) is 3.66. The summed E-state index contributed by atoms with van der Waals surface area (Å²) in [5.41, 5.74) is -1.17. The molecule has 8 nitrogen and oxygen atoms in total. The fourth-order valence-corrected chi connectivity index (χ4v) is 3.82. The zero-order valence-electron chi connectivity index (χ0n) is 16.7. The van der Waals surface area contributed by atoms with E-state index >= 15 is 0 Å². The van der Waals surface area contributed by atoms with Crippen molar-refractivity contribution in [2.45, 2.75) is 58.7 Å². The molecule has 0 bridgehead atoms. The van der Waals surface area contributed by atoms with Crippen LogP contribution in [-0.4, -0.2) is 43.7 Å². The van der Waals surface area contributed by atoms with Crippen LogP contribution in [0.2, 0.25) is 5.02 Å². The van der Waals surface area contributed by atoms with E-state index in [1.165, 1.54) is 10.8 Å². The summed E-state index contributed by atoms with van der Waals surface area (Å²) in [6.07, 6.45) is 1.57. The number of rotatable bonds is 1. The first kappa shape index (κ1) is 20.4. The quantitative estimate of drug-likeness (QED) is 0.731. The maximum atomic E-state index is 12.7. The molecule has 152 valence electrons. The number of H-pyrrole nitrogens is 1. The zero-order chi connectivity index (χ0) is 20.8. The minimum Gasteiger partial charge on any atom is -0.444 e. The Labute approximate surface area is 167 Å². The van der Waals surface area contributed by atoms with Crippen molar-refractivity contribution in [1.82, 2.24) is 19.4 Å². The minimum atomic E-state index is -0.717. The van der Waals surface area contributed by atoms with Crippen LogP contribution < -0.4 is 11.1 Å². The summed E-state index contributed by atoms with van der Waals surface area (Å²) in [5, 5.41) is 0.370. The van der Waals surface area contributed by atoms with Gasteiger partial charge in [-0.2, -0.15) is 0 Å². The van der Waals surface area contributed by atoms with E-state index in [0.29, 0.717) is 29.2 Å². The van der Waals surface area contributed by atoms with Crippen LogP contribution in [0.4, 0.5) is 4.79 Å². The van der Waals surface area contributed by atoms with Gasteiger partial charge < -0.3 is 14.6 Å². The number of hydrogen-bond donors (Lipinski definition) is 1. The third-order valence-electron chi connectivity index (χ3n) is 4.94. The molecule has 1 fully saturated rings. The molecule has 1 saturated heterocycles. The van der Waals surface area contributed by atoms with Crippen LogP contribution >= 0.6 is 11.6 Å². The van der Waals surface area contributed by atoms with Crippen LogP contribution in [0.15, 0.2) is 21.9 Å². The van der Waals surface area contributed by atoms with E-state index in [0.717, 1.165) is 0 Å². The van der Waals surface area contributed by atoms with Crippen LogP contribution in [0.25, 0.3) is 11.2 Å². The Morgan fingerprint density at radius 2 is 2.00 bits per heavy atom. The summed E-state index contributed by atoms with van der Waals surface area (Å²) in [6, 6.07) is 1.13. The number of hydrogen-bond acceptors (Lipinski definition) is 5. The van der Waals surface area contributed by atoms with Gasteiger partial charge in [-0.15, -0.1) is 0 Å². The lowest BCUT2D eigenvalue weighted by Gasteiger charge is -2.42. The Bertz CT molecular complexity index is 1020. The lowest BCUT2D eigenvalue weighted by Crippen LogP contribution is -2.52. The molecule has 28 heavy (non-hydrogen) atoms. The third-order valence-corrected chi connectivity index (χ3v) is 5.15. The number of aromatic nitrogens is 3. The van der Waals surface area contributed by atoms with Gasteiger partial charge in [0.25, 0.3) is 0 Å². The number of ether oxygens (including phenoxy) is 1. The summed E-state index contributed by atoms with van der Waals surface area (Å²) >= 11 is 5.98. The first-order chi connectivity index (χ1) is 13.0. The molecular formula is C19H25ClN4O4. The monoisotopic (exact) mass is 408 g/mol. The highest BCUT2D eigenvalue weighted by Gasteiger charge is 2.37. The van der Waals surface area contributed by atoms with Crippen molar-refractivity contribution in [3.05, 3.63) is 38.0 Å². The maximum Gasteiger partial charge on any atom is 0.410 e. The summed E-state index contributed by atoms with van der Waals surface area (Å²) in [5.74, 6) is -0.0797. The Morgan fingerprint density at radius 1 is 1.32 bits per heavy atom. The first-order valence-corrected chi connectivity index (χ1v) is 9.65. The lowest BCUT2D eigenvalue weighted by molar-refractivity contribution is -0.000669. The molecule has 1 amide bonds. The van der Waals surface area contributed by atoms with E-state index < -0.39 is 16.7 Å². The number of likely N-dealkylation sites (tertiary alicyclic amines) is 1. The van der Waals surface area contributed by atoms with Crippen LogP contribution in [0.3, 0.4) is 0 Å². The second kappa shape index (κ2) is 7.24. The third kappa shape index (κ3) is 3.92. The van der Waals surface area contributed by atoms with Crippen molar-refractivity contribution >= 4 is 28.9 Å². The fraction of sp³-hybridized carbons (Fsp3) is 0.579. The van der Waals surface area contributed by atoms with Gasteiger partial charge in [0, 0.05) is 24.8 Å². The molecule has 3 rings (SSSR count). The smallest absolute Gasteiger partial charge is 0.410 e. The van der Waals surface area contributed by atoms with Gasteiger partial charge in [-0.25, -0.2) is 9.78 Å². The van der Waals surface area contributed by atoms with Gasteiger partial charge in [-0.05, 0) is 46.1 Å². The molecule has 0 aromatic carbocycles. The number of aromatic amines is 1. The number of nitrogens with one attached hydrogen (secondary N) is 1. The van der Waals surface area contributed by atoms with E-state index in [2.05, 4.69) is 9.97 Å². The number of nitrogens with zero attached hydrogens (tertiary/aromatic N) is 3. The van der Waals surface area contributed by atoms with Gasteiger partial charge in [-0.3, -0.25) is 14.2 Å². The average molecular weight is 409 g/mol. The van der Waals surface area contributed by atoms with E-state index in [-0.39, 0.29) is 24.1 Å². The van der Waals surface area contributed by atoms with E-state index in [1.807, 2.05) is 34.6 Å². The molecule has 9 heteroatoms. The van der Waals surface area contributed by atoms with Crippen molar-refractivity contribution in [3.63, 3.8) is 0 Å². The van der Waals surface area contributed by atoms with Gasteiger partial charge in [0.05, 0.1) is 10.5 Å². The van der Waals surface area contributed by atoms with Crippen LogP contribution in [0.1, 0.15) is 47.1 Å². The number of amides is 1. The normalized spacial score (nSPS) is 23.1. The first-order valence-electron chi connectivity index (χ1n) is 9.27.